The van der Waals surface area contributed by atoms with Gasteiger partial charge in [-0.05, 0) is 31.5 Å². The zero-order valence-electron chi connectivity index (χ0n) is 11.4. The van der Waals surface area contributed by atoms with Gasteiger partial charge in [0.2, 0.25) is 11.8 Å². The van der Waals surface area contributed by atoms with Gasteiger partial charge < -0.3 is 10.2 Å². The molecule has 1 atom stereocenters. The smallest absolute Gasteiger partial charge is 0.246 e. The van der Waals surface area contributed by atoms with Gasteiger partial charge in [0.15, 0.2) is 0 Å². The lowest BCUT2D eigenvalue weighted by Gasteiger charge is -2.43. The van der Waals surface area contributed by atoms with Crippen LogP contribution in [0.2, 0.25) is 5.02 Å². The first kappa shape index (κ1) is 14.8. The summed E-state index contributed by atoms with van der Waals surface area (Å²) >= 11 is 5.86. The van der Waals surface area contributed by atoms with E-state index in [1.807, 2.05) is 6.92 Å². The molecule has 0 aliphatic carbocycles. The quantitative estimate of drug-likeness (QED) is 0.929. The van der Waals surface area contributed by atoms with Crippen LogP contribution in [0.5, 0.6) is 0 Å². The van der Waals surface area contributed by atoms with Crippen LogP contribution in [-0.4, -0.2) is 28.8 Å². The first-order valence-corrected chi connectivity index (χ1v) is 6.79. The van der Waals surface area contributed by atoms with Gasteiger partial charge in [0.25, 0.3) is 0 Å². The fourth-order valence-electron chi connectivity index (χ4n) is 2.29. The molecule has 0 radical (unpaired) electrons. The number of nitrogens with one attached hydrogen (secondary N) is 1. The van der Waals surface area contributed by atoms with Gasteiger partial charge in [0, 0.05) is 17.1 Å². The Morgan fingerprint density at radius 2 is 2.15 bits per heavy atom. The van der Waals surface area contributed by atoms with Crippen LogP contribution >= 0.6 is 11.6 Å². The number of rotatable bonds is 3. The number of carbonyl (C=O) groups excluding carboxylic acids is 2. The van der Waals surface area contributed by atoms with Gasteiger partial charge in [0.1, 0.15) is 11.4 Å². The van der Waals surface area contributed by atoms with Gasteiger partial charge in [-0.25, -0.2) is 4.39 Å². The Morgan fingerprint density at radius 1 is 1.45 bits per heavy atom. The van der Waals surface area contributed by atoms with Gasteiger partial charge in [-0.3, -0.25) is 9.59 Å². The molecule has 0 saturated carbocycles. The molecule has 0 aromatic heterocycles. The van der Waals surface area contributed by atoms with E-state index in [9.17, 15) is 14.0 Å². The maximum absolute atomic E-state index is 13.8. The van der Waals surface area contributed by atoms with E-state index >= 15 is 0 Å². The molecule has 2 amide bonds. The summed E-state index contributed by atoms with van der Waals surface area (Å²) in [5.74, 6) is -0.887. The third-order valence-electron chi connectivity index (χ3n) is 3.81. The van der Waals surface area contributed by atoms with Crippen LogP contribution in [0.25, 0.3) is 0 Å². The molecule has 1 saturated heterocycles. The first-order chi connectivity index (χ1) is 9.38. The van der Waals surface area contributed by atoms with Crippen molar-refractivity contribution in [3.8, 4) is 0 Å². The zero-order valence-corrected chi connectivity index (χ0v) is 12.1. The van der Waals surface area contributed by atoms with Crippen LogP contribution < -0.4 is 5.32 Å². The molecule has 108 valence electrons. The minimum absolute atomic E-state index is 0.0307. The highest BCUT2D eigenvalue weighted by atomic mass is 35.5. The SMILES string of the molecule is CCC1(C)C(=O)NCC(=O)N1Cc1cc(Cl)ccc1F. The molecule has 1 fully saturated rings. The van der Waals surface area contributed by atoms with Crippen molar-refractivity contribution in [3.05, 3.63) is 34.6 Å². The minimum Gasteiger partial charge on any atom is -0.345 e. The van der Waals surface area contributed by atoms with Crippen molar-refractivity contribution in [2.24, 2.45) is 0 Å². The van der Waals surface area contributed by atoms with E-state index in [1.54, 1.807) is 6.92 Å². The Bertz CT molecular complexity index is 564. The molecule has 6 heteroatoms. The predicted octanol–water partition coefficient (Wildman–Crippen LogP) is 2.11. The molecule has 0 bridgehead atoms. The summed E-state index contributed by atoms with van der Waals surface area (Å²) < 4.78 is 13.8. The summed E-state index contributed by atoms with van der Waals surface area (Å²) in [5, 5.41) is 2.96. The van der Waals surface area contributed by atoms with Crippen LogP contribution in [0, 0.1) is 5.82 Å². The van der Waals surface area contributed by atoms with E-state index in [0.29, 0.717) is 17.0 Å². The van der Waals surface area contributed by atoms with Crippen LogP contribution in [0.1, 0.15) is 25.8 Å². The highest BCUT2D eigenvalue weighted by Crippen LogP contribution is 2.26. The molecule has 1 aliphatic rings. The lowest BCUT2D eigenvalue weighted by atomic mass is 9.92. The molecule has 1 aromatic rings. The predicted molar refractivity (Wildman–Crippen MR) is 73.7 cm³/mol. The number of halogens is 2. The third kappa shape index (κ3) is 2.50. The van der Waals surface area contributed by atoms with Gasteiger partial charge in [0.05, 0.1) is 6.54 Å². The van der Waals surface area contributed by atoms with E-state index in [4.69, 9.17) is 11.6 Å². The zero-order chi connectivity index (χ0) is 14.9. The summed E-state index contributed by atoms with van der Waals surface area (Å²) in [6.45, 7) is 3.47. The number of benzene rings is 1. The van der Waals surface area contributed by atoms with Crippen LogP contribution in [0.4, 0.5) is 4.39 Å². The average Bonchev–Trinajstić information content (AvgIpc) is 2.43. The molecule has 4 nitrogen and oxygen atoms in total. The molecular formula is C14H16ClFN2O2. The monoisotopic (exact) mass is 298 g/mol. The first-order valence-electron chi connectivity index (χ1n) is 6.41. The fraction of sp³-hybridized carbons (Fsp3) is 0.429. The highest BCUT2D eigenvalue weighted by Gasteiger charge is 2.44. The number of amides is 2. The molecule has 20 heavy (non-hydrogen) atoms. The van der Waals surface area contributed by atoms with Gasteiger partial charge in [-0.1, -0.05) is 18.5 Å². The van der Waals surface area contributed by atoms with E-state index in [1.165, 1.54) is 23.1 Å². The number of hydrogen-bond acceptors (Lipinski definition) is 2. The van der Waals surface area contributed by atoms with Gasteiger partial charge in [-0.2, -0.15) is 0 Å². The van der Waals surface area contributed by atoms with E-state index in [2.05, 4.69) is 5.32 Å². The van der Waals surface area contributed by atoms with Gasteiger partial charge in [-0.15, -0.1) is 0 Å². The van der Waals surface area contributed by atoms with E-state index in [0.717, 1.165) is 0 Å². The van der Waals surface area contributed by atoms with Crippen molar-refractivity contribution in [2.45, 2.75) is 32.4 Å². The maximum atomic E-state index is 13.8. The summed E-state index contributed by atoms with van der Waals surface area (Å²) in [5.41, 5.74) is -0.662. The van der Waals surface area contributed by atoms with E-state index < -0.39 is 11.4 Å². The number of piperazine rings is 1. The fourth-order valence-corrected chi connectivity index (χ4v) is 2.48. The summed E-state index contributed by atoms with van der Waals surface area (Å²) in [4.78, 5) is 25.5. The van der Waals surface area contributed by atoms with Crippen molar-refractivity contribution in [1.29, 1.82) is 0 Å². The molecule has 1 heterocycles. The maximum Gasteiger partial charge on any atom is 0.246 e. The highest BCUT2D eigenvalue weighted by molar-refractivity contribution is 6.30. The minimum atomic E-state index is -0.968. The summed E-state index contributed by atoms with van der Waals surface area (Å²) in [6, 6.07) is 4.19. The Kier molecular flexibility index (Phi) is 3.99. The second-order valence-electron chi connectivity index (χ2n) is 5.03. The van der Waals surface area contributed by atoms with Crippen LogP contribution in [-0.2, 0) is 16.1 Å². The third-order valence-corrected chi connectivity index (χ3v) is 4.05. The molecular weight excluding hydrogens is 283 g/mol. The summed E-state index contributed by atoms with van der Waals surface area (Å²) in [6.07, 6.45) is 0.451. The van der Waals surface area contributed by atoms with E-state index in [-0.39, 0.29) is 24.9 Å². The Labute approximate surface area is 121 Å². The Balaban J connectivity index is 2.35. The molecule has 0 spiro atoms. The normalized spacial score (nSPS) is 22.9. The van der Waals surface area contributed by atoms with Crippen LogP contribution in [0.3, 0.4) is 0 Å². The van der Waals surface area contributed by atoms with Crippen molar-refractivity contribution >= 4 is 23.4 Å². The number of carbonyl (C=O) groups is 2. The Morgan fingerprint density at radius 3 is 2.80 bits per heavy atom. The molecule has 2 rings (SSSR count). The molecule has 1 aliphatic heterocycles. The van der Waals surface area contributed by atoms with Crippen molar-refractivity contribution in [1.82, 2.24) is 10.2 Å². The average molecular weight is 299 g/mol. The standard InChI is InChI=1S/C14H16ClFN2O2/c1-3-14(2)13(20)17-7-12(19)18(14)8-9-6-10(15)4-5-11(9)16/h4-6H,3,7-8H2,1-2H3,(H,17,20). The molecule has 1 N–H and O–H groups in total. The number of hydrogen-bond donors (Lipinski definition) is 1. The molecule has 1 aromatic carbocycles. The second-order valence-corrected chi connectivity index (χ2v) is 5.46. The largest absolute Gasteiger partial charge is 0.345 e. The topological polar surface area (TPSA) is 49.4 Å². The number of nitrogens with zero attached hydrogens (tertiary/aromatic N) is 1. The van der Waals surface area contributed by atoms with Crippen molar-refractivity contribution in [2.75, 3.05) is 6.54 Å². The summed E-state index contributed by atoms with van der Waals surface area (Å²) in [7, 11) is 0. The molecule has 1 unspecified atom stereocenters. The van der Waals surface area contributed by atoms with Gasteiger partial charge >= 0.3 is 0 Å². The lowest BCUT2D eigenvalue weighted by Crippen LogP contribution is -2.65. The Hall–Kier alpha value is -1.62. The second kappa shape index (κ2) is 5.40. The van der Waals surface area contributed by atoms with Crippen LogP contribution in [0.15, 0.2) is 18.2 Å². The lowest BCUT2D eigenvalue weighted by molar-refractivity contribution is -0.153. The van der Waals surface area contributed by atoms with Crippen molar-refractivity contribution in [3.63, 3.8) is 0 Å². The van der Waals surface area contributed by atoms with Crippen molar-refractivity contribution < 1.29 is 14.0 Å².